The SMILES string of the molecule is CN(C(=O)CN(c1cc(Cl)cc(Cl)c1)S(C)(=O)=O)C1CCCC1. The molecule has 1 aromatic carbocycles. The molecule has 128 valence electrons. The van der Waals surface area contributed by atoms with E-state index in [1.165, 1.54) is 18.2 Å². The van der Waals surface area contributed by atoms with Crippen LogP contribution in [0.4, 0.5) is 5.69 Å². The zero-order valence-electron chi connectivity index (χ0n) is 13.1. The van der Waals surface area contributed by atoms with E-state index >= 15 is 0 Å². The molecular weight excluding hydrogens is 359 g/mol. The Balaban J connectivity index is 2.24. The van der Waals surface area contributed by atoms with Gasteiger partial charge in [-0.05, 0) is 31.0 Å². The summed E-state index contributed by atoms with van der Waals surface area (Å²) in [6, 6.07) is 4.67. The van der Waals surface area contributed by atoms with Gasteiger partial charge < -0.3 is 4.90 Å². The number of amides is 1. The van der Waals surface area contributed by atoms with Gasteiger partial charge in [-0.2, -0.15) is 0 Å². The standard InChI is InChI=1S/C15H20Cl2N2O3S/c1-18(13-5-3-4-6-13)15(20)10-19(23(2,21)22)14-8-11(16)7-12(17)9-14/h7-9,13H,3-6,10H2,1-2H3. The molecule has 2 rings (SSSR count). The lowest BCUT2D eigenvalue weighted by molar-refractivity contribution is -0.130. The van der Waals surface area contributed by atoms with Gasteiger partial charge in [-0.1, -0.05) is 36.0 Å². The van der Waals surface area contributed by atoms with E-state index in [9.17, 15) is 13.2 Å². The van der Waals surface area contributed by atoms with Crippen molar-refractivity contribution in [2.24, 2.45) is 0 Å². The van der Waals surface area contributed by atoms with Crippen LogP contribution >= 0.6 is 23.2 Å². The Morgan fingerprint density at radius 1 is 1.17 bits per heavy atom. The van der Waals surface area contributed by atoms with E-state index in [0.29, 0.717) is 10.0 Å². The van der Waals surface area contributed by atoms with E-state index in [4.69, 9.17) is 23.2 Å². The molecule has 1 saturated carbocycles. The minimum absolute atomic E-state index is 0.187. The van der Waals surface area contributed by atoms with E-state index in [2.05, 4.69) is 0 Å². The molecule has 0 unspecified atom stereocenters. The third-order valence-electron chi connectivity index (χ3n) is 4.08. The molecule has 1 amide bonds. The minimum Gasteiger partial charge on any atom is -0.341 e. The number of carbonyl (C=O) groups is 1. The summed E-state index contributed by atoms with van der Waals surface area (Å²) in [5.41, 5.74) is 0.290. The zero-order chi connectivity index (χ0) is 17.2. The number of likely N-dealkylation sites (N-methyl/N-ethyl adjacent to an activating group) is 1. The maximum Gasteiger partial charge on any atom is 0.243 e. The molecular formula is C15H20Cl2N2O3S. The average Bonchev–Trinajstić information content (AvgIpc) is 2.95. The van der Waals surface area contributed by atoms with Crippen LogP contribution in [-0.4, -0.2) is 45.1 Å². The first-order chi connectivity index (χ1) is 10.7. The molecule has 1 aromatic rings. The summed E-state index contributed by atoms with van der Waals surface area (Å²) in [5.74, 6) is -0.238. The van der Waals surface area contributed by atoms with E-state index in [1.807, 2.05) is 0 Å². The summed E-state index contributed by atoms with van der Waals surface area (Å²) in [5, 5.41) is 0.635. The maximum atomic E-state index is 12.5. The lowest BCUT2D eigenvalue weighted by atomic mass is 10.2. The fourth-order valence-electron chi connectivity index (χ4n) is 2.81. The van der Waals surface area contributed by atoms with Gasteiger partial charge in [0.15, 0.2) is 0 Å². The predicted octanol–water partition coefficient (Wildman–Crippen LogP) is 3.16. The first kappa shape index (κ1) is 18.4. The van der Waals surface area contributed by atoms with Gasteiger partial charge in [-0.3, -0.25) is 9.10 Å². The zero-order valence-corrected chi connectivity index (χ0v) is 15.5. The Morgan fingerprint density at radius 3 is 2.17 bits per heavy atom. The second kappa shape index (κ2) is 7.28. The monoisotopic (exact) mass is 378 g/mol. The number of anilines is 1. The fourth-order valence-corrected chi connectivity index (χ4v) is 4.16. The molecule has 1 fully saturated rings. The van der Waals surface area contributed by atoms with Crippen LogP contribution in [0.1, 0.15) is 25.7 Å². The third kappa shape index (κ3) is 4.75. The highest BCUT2D eigenvalue weighted by Gasteiger charge is 2.28. The molecule has 23 heavy (non-hydrogen) atoms. The van der Waals surface area contributed by atoms with Gasteiger partial charge in [-0.25, -0.2) is 8.42 Å². The number of hydrogen-bond donors (Lipinski definition) is 0. The molecule has 0 atom stereocenters. The van der Waals surface area contributed by atoms with Gasteiger partial charge in [0.25, 0.3) is 0 Å². The van der Waals surface area contributed by atoms with Crippen LogP contribution in [0.5, 0.6) is 0 Å². The van der Waals surface area contributed by atoms with Crippen molar-refractivity contribution in [2.75, 3.05) is 24.2 Å². The molecule has 0 bridgehead atoms. The summed E-state index contributed by atoms with van der Waals surface area (Å²) >= 11 is 11.9. The van der Waals surface area contributed by atoms with Crippen molar-refractivity contribution in [2.45, 2.75) is 31.7 Å². The average molecular weight is 379 g/mol. The van der Waals surface area contributed by atoms with Crippen molar-refractivity contribution in [3.05, 3.63) is 28.2 Å². The third-order valence-corrected chi connectivity index (χ3v) is 5.66. The topological polar surface area (TPSA) is 57.7 Å². The predicted molar refractivity (Wildman–Crippen MR) is 93.7 cm³/mol. The molecule has 0 radical (unpaired) electrons. The smallest absolute Gasteiger partial charge is 0.243 e. The van der Waals surface area contributed by atoms with Gasteiger partial charge in [-0.15, -0.1) is 0 Å². The fraction of sp³-hybridized carbons (Fsp3) is 0.533. The molecule has 1 aliphatic rings. The maximum absolute atomic E-state index is 12.5. The highest BCUT2D eigenvalue weighted by atomic mass is 35.5. The van der Waals surface area contributed by atoms with Crippen molar-refractivity contribution in [1.29, 1.82) is 0 Å². The Morgan fingerprint density at radius 2 is 1.70 bits per heavy atom. The van der Waals surface area contributed by atoms with Crippen molar-refractivity contribution in [3.63, 3.8) is 0 Å². The summed E-state index contributed by atoms with van der Waals surface area (Å²) < 4.78 is 25.2. The van der Waals surface area contributed by atoms with Gasteiger partial charge in [0.2, 0.25) is 15.9 Å². The minimum atomic E-state index is -3.64. The quantitative estimate of drug-likeness (QED) is 0.790. The van der Waals surface area contributed by atoms with Crippen LogP contribution in [0.3, 0.4) is 0 Å². The Labute approximate surface area is 147 Å². The number of rotatable bonds is 5. The van der Waals surface area contributed by atoms with Gasteiger partial charge in [0.1, 0.15) is 6.54 Å². The van der Waals surface area contributed by atoms with Gasteiger partial charge in [0.05, 0.1) is 11.9 Å². The van der Waals surface area contributed by atoms with Crippen molar-refractivity contribution in [3.8, 4) is 0 Å². The molecule has 5 nitrogen and oxygen atoms in total. The molecule has 0 saturated heterocycles. The molecule has 0 aliphatic heterocycles. The second-order valence-corrected chi connectivity index (χ2v) is 8.62. The molecule has 8 heteroatoms. The number of carbonyl (C=O) groups excluding carboxylic acids is 1. The summed E-state index contributed by atoms with van der Waals surface area (Å²) in [7, 11) is -1.91. The van der Waals surface area contributed by atoms with Crippen LogP contribution < -0.4 is 4.31 Å². The normalized spacial score (nSPS) is 15.7. The Hall–Kier alpha value is -0.980. The molecule has 0 N–H and O–H groups in total. The highest BCUT2D eigenvalue weighted by molar-refractivity contribution is 7.92. The summed E-state index contributed by atoms with van der Waals surface area (Å²) in [6.07, 6.45) is 5.18. The highest BCUT2D eigenvalue weighted by Crippen LogP contribution is 2.28. The van der Waals surface area contributed by atoms with E-state index in [-0.39, 0.29) is 24.2 Å². The molecule has 0 heterocycles. The van der Waals surface area contributed by atoms with Crippen molar-refractivity contribution < 1.29 is 13.2 Å². The largest absolute Gasteiger partial charge is 0.341 e. The summed E-state index contributed by atoms with van der Waals surface area (Å²) in [4.78, 5) is 14.1. The number of benzene rings is 1. The lowest BCUT2D eigenvalue weighted by Crippen LogP contribution is -2.44. The molecule has 1 aliphatic carbocycles. The van der Waals surface area contributed by atoms with Gasteiger partial charge >= 0.3 is 0 Å². The van der Waals surface area contributed by atoms with Crippen LogP contribution in [-0.2, 0) is 14.8 Å². The first-order valence-corrected chi connectivity index (χ1v) is 9.98. The van der Waals surface area contributed by atoms with E-state index < -0.39 is 10.0 Å². The van der Waals surface area contributed by atoms with Crippen molar-refractivity contribution in [1.82, 2.24) is 4.90 Å². The number of hydrogen-bond acceptors (Lipinski definition) is 3. The van der Waals surface area contributed by atoms with Crippen LogP contribution in [0.2, 0.25) is 10.0 Å². The Bertz CT molecular complexity index is 668. The van der Waals surface area contributed by atoms with Gasteiger partial charge in [0, 0.05) is 23.1 Å². The van der Waals surface area contributed by atoms with E-state index in [0.717, 1.165) is 36.2 Å². The van der Waals surface area contributed by atoms with Crippen LogP contribution in [0, 0.1) is 0 Å². The second-order valence-electron chi connectivity index (χ2n) is 5.84. The number of sulfonamides is 1. The number of halogens is 2. The number of nitrogens with zero attached hydrogens (tertiary/aromatic N) is 2. The molecule has 0 spiro atoms. The molecule has 0 aromatic heterocycles. The van der Waals surface area contributed by atoms with E-state index in [1.54, 1.807) is 11.9 Å². The van der Waals surface area contributed by atoms with Crippen molar-refractivity contribution >= 4 is 44.8 Å². The van der Waals surface area contributed by atoms with Crippen LogP contribution in [0.15, 0.2) is 18.2 Å². The Kier molecular flexibility index (Phi) is 5.81. The summed E-state index contributed by atoms with van der Waals surface area (Å²) in [6.45, 7) is -0.261. The first-order valence-electron chi connectivity index (χ1n) is 7.38. The lowest BCUT2D eigenvalue weighted by Gasteiger charge is -2.28. The van der Waals surface area contributed by atoms with Crippen LogP contribution in [0.25, 0.3) is 0 Å².